The highest BCUT2D eigenvalue weighted by Gasteiger charge is 2.26. The van der Waals surface area contributed by atoms with Crippen molar-refractivity contribution < 1.29 is 18.0 Å². The fourth-order valence-corrected chi connectivity index (χ4v) is 4.80. The molecule has 1 N–H and O–H groups in total. The van der Waals surface area contributed by atoms with Crippen molar-refractivity contribution in [1.29, 1.82) is 0 Å². The molecule has 0 saturated heterocycles. The van der Waals surface area contributed by atoms with Crippen molar-refractivity contribution in [3.63, 3.8) is 0 Å². The first kappa shape index (κ1) is 28.0. The maximum Gasteiger partial charge on any atom is 0.242 e. The number of nitrogens with zero attached hydrogens (tertiary/aromatic N) is 2. The highest BCUT2D eigenvalue weighted by Crippen LogP contribution is 2.23. The lowest BCUT2D eigenvalue weighted by Gasteiger charge is -2.29. The van der Waals surface area contributed by atoms with Crippen molar-refractivity contribution in [2.75, 3.05) is 23.7 Å². The van der Waals surface area contributed by atoms with Gasteiger partial charge >= 0.3 is 0 Å². The Kier molecular flexibility index (Phi) is 10.7. The van der Waals surface area contributed by atoms with E-state index in [0.29, 0.717) is 22.3 Å². The van der Waals surface area contributed by atoms with Gasteiger partial charge in [0.25, 0.3) is 0 Å². The van der Waals surface area contributed by atoms with Crippen molar-refractivity contribution in [3.8, 4) is 0 Å². The minimum absolute atomic E-state index is 0.0680. The molecule has 0 spiro atoms. The summed E-state index contributed by atoms with van der Waals surface area (Å²) in [6.07, 6.45) is 2.24. The fourth-order valence-electron chi connectivity index (χ4n) is 3.45. The van der Waals surface area contributed by atoms with Crippen LogP contribution in [0, 0.1) is 0 Å². The zero-order valence-electron chi connectivity index (χ0n) is 19.6. The fraction of sp³-hybridized carbons (Fsp3) is 0.417. The van der Waals surface area contributed by atoms with Crippen LogP contribution in [-0.4, -0.2) is 50.5 Å². The molecule has 2 amide bonds. The molecule has 0 saturated carbocycles. The van der Waals surface area contributed by atoms with Crippen LogP contribution in [0.1, 0.15) is 38.7 Å². The highest BCUT2D eigenvalue weighted by molar-refractivity contribution is 7.92. The number of rotatable bonds is 12. The van der Waals surface area contributed by atoms with E-state index in [-0.39, 0.29) is 37.7 Å². The van der Waals surface area contributed by atoms with Crippen molar-refractivity contribution >= 4 is 50.7 Å². The predicted octanol–water partition coefficient (Wildman–Crippen LogP) is 4.48. The summed E-state index contributed by atoms with van der Waals surface area (Å²) in [5, 5.41) is 3.79. The summed E-state index contributed by atoms with van der Waals surface area (Å²) in [4.78, 5) is 27.3. The third-order valence-electron chi connectivity index (χ3n) is 5.21. The van der Waals surface area contributed by atoms with E-state index in [9.17, 15) is 18.0 Å². The first-order valence-electron chi connectivity index (χ1n) is 11.1. The van der Waals surface area contributed by atoms with Gasteiger partial charge in [-0.05, 0) is 55.7 Å². The van der Waals surface area contributed by atoms with Crippen LogP contribution >= 0.6 is 23.2 Å². The molecule has 0 bridgehead atoms. The zero-order chi connectivity index (χ0) is 25.3. The largest absolute Gasteiger partial charge is 0.354 e. The van der Waals surface area contributed by atoms with Crippen LogP contribution in [0.5, 0.6) is 0 Å². The lowest BCUT2D eigenvalue weighted by atomic mass is 10.1. The molecule has 0 aromatic heterocycles. The number of nitrogens with one attached hydrogen (secondary N) is 1. The number of benzene rings is 2. The summed E-state index contributed by atoms with van der Waals surface area (Å²) >= 11 is 12.1. The second-order valence-corrected chi connectivity index (χ2v) is 10.8. The zero-order valence-corrected chi connectivity index (χ0v) is 22.0. The first-order valence-corrected chi connectivity index (χ1v) is 13.7. The Morgan fingerprint density at radius 3 is 2.29 bits per heavy atom. The van der Waals surface area contributed by atoms with Gasteiger partial charge in [0, 0.05) is 36.1 Å². The number of hydrogen-bond acceptors (Lipinski definition) is 4. The van der Waals surface area contributed by atoms with E-state index >= 15 is 0 Å². The molecular weight excluding hydrogens is 497 g/mol. The third kappa shape index (κ3) is 8.49. The van der Waals surface area contributed by atoms with E-state index < -0.39 is 16.1 Å². The van der Waals surface area contributed by atoms with Crippen molar-refractivity contribution in [3.05, 3.63) is 64.1 Å². The molecule has 7 nitrogen and oxygen atoms in total. The van der Waals surface area contributed by atoms with E-state index in [1.54, 1.807) is 49.4 Å². The van der Waals surface area contributed by atoms with Crippen LogP contribution in [0.3, 0.4) is 0 Å². The van der Waals surface area contributed by atoms with Gasteiger partial charge in [0.1, 0.15) is 6.04 Å². The van der Waals surface area contributed by atoms with Gasteiger partial charge in [0.15, 0.2) is 0 Å². The molecule has 186 valence electrons. The molecule has 0 aliphatic heterocycles. The molecule has 2 aromatic rings. The van der Waals surface area contributed by atoms with Gasteiger partial charge in [-0.25, -0.2) is 8.42 Å². The van der Waals surface area contributed by atoms with Crippen molar-refractivity contribution in [2.24, 2.45) is 0 Å². The number of halogens is 2. The number of hydrogen-bond donors (Lipinski definition) is 1. The van der Waals surface area contributed by atoms with Crippen LogP contribution < -0.4 is 9.62 Å². The van der Waals surface area contributed by atoms with Gasteiger partial charge in [-0.15, -0.1) is 0 Å². The number of carbonyl (C=O) groups is 2. The van der Waals surface area contributed by atoms with Gasteiger partial charge in [0.2, 0.25) is 21.8 Å². The Balaban J connectivity index is 2.15. The Morgan fingerprint density at radius 1 is 1.06 bits per heavy atom. The SMILES string of the molecule is CCCNC(=O)C(C)N(Cc1cccc(Cl)c1)C(=O)CCCN(c1cccc(Cl)c1)S(C)(=O)=O. The standard InChI is InChI=1S/C24H31Cl2N3O4S/c1-4-13-27-24(31)18(2)28(17-19-8-5-9-20(25)15-19)23(30)12-7-14-29(34(3,32)33)22-11-6-10-21(26)16-22/h5-6,8-11,15-16,18H,4,7,12-14,17H2,1-3H3,(H,27,31). The molecule has 1 unspecified atom stereocenters. The molecule has 2 rings (SSSR count). The number of carbonyl (C=O) groups excluding carboxylic acids is 2. The Bertz CT molecular complexity index is 1100. The summed E-state index contributed by atoms with van der Waals surface area (Å²) in [6.45, 7) is 4.47. The number of anilines is 1. The van der Waals surface area contributed by atoms with Crippen molar-refractivity contribution in [1.82, 2.24) is 10.2 Å². The van der Waals surface area contributed by atoms with Gasteiger partial charge in [-0.3, -0.25) is 13.9 Å². The minimum atomic E-state index is -3.58. The topological polar surface area (TPSA) is 86.8 Å². The monoisotopic (exact) mass is 527 g/mol. The molecule has 0 aliphatic rings. The molecule has 34 heavy (non-hydrogen) atoms. The van der Waals surface area contributed by atoms with Crippen LogP contribution in [0.25, 0.3) is 0 Å². The molecule has 0 fully saturated rings. The first-order chi connectivity index (χ1) is 16.0. The van der Waals surface area contributed by atoms with Gasteiger partial charge in [-0.2, -0.15) is 0 Å². The lowest BCUT2D eigenvalue weighted by Crippen LogP contribution is -2.47. The summed E-state index contributed by atoms with van der Waals surface area (Å²) in [7, 11) is -3.58. The molecule has 0 heterocycles. The van der Waals surface area contributed by atoms with Crippen molar-refractivity contribution in [2.45, 2.75) is 45.7 Å². The van der Waals surface area contributed by atoms with Crippen LogP contribution in [-0.2, 0) is 26.2 Å². The minimum Gasteiger partial charge on any atom is -0.354 e. The summed E-state index contributed by atoms with van der Waals surface area (Å²) < 4.78 is 25.9. The van der Waals surface area contributed by atoms with Crippen LogP contribution in [0.2, 0.25) is 10.0 Å². The van der Waals surface area contributed by atoms with Gasteiger partial charge < -0.3 is 10.2 Å². The van der Waals surface area contributed by atoms with Crippen LogP contribution in [0.15, 0.2) is 48.5 Å². The second-order valence-electron chi connectivity index (χ2n) is 8.04. The van der Waals surface area contributed by atoms with E-state index in [4.69, 9.17) is 23.2 Å². The van der Waals surface area contributed by atoms with Gasteiger partial charge in [-0.1, -0.05) is 48.3 Å². The average molecular weight is 529 g/mol. The average Bonchev–Trinajstić information content (AvgIpc) is 2.77. The molecule has 0 aliphatic carbocycles. The molecule has 10 heteroatoms. The maximum atomic E-state index is 13.2. The van der Waals surface area contributed by atoms with E-state index in [0.717, 1.165) is 18.2 Å². The Morgan fingerprint density at radius 2 is 1.71 bits per heavy atom. The number of sulfonamides is 1. The third-order valence-corrected chi connectivity index (χ3v) is 6.87. The Hall–Kier alpha value is -2.29. The Labute approximate surface area is 212 Å². The number of amides is 2. The molecule has 0 radical (unpaired) electrons. The molecule has 2 aromatic carbocycles. The summed E-state index contributed by atoms with van der Waals surface area (Å²) in [5.74, 6) is -0.493. The van der Waals surface area contributed by atoms with Gasteiger partial charge in [0.05, 0.1) is 11.9 Å². The van der Waals surface area contributed by atoms with E-state index in [1.165, 1.54) is 9.21 Å². The summed E-state index contributed by atoms with van der Waals surface area (Å²) in [5.41, 5.74) is 1.23. The predicted molar refractivity (Wildman–Crippen MR) is 138 cm³/mol. The van der Waals surface area contributed by atoms with Crippen LogP contribution in [0.4, 0.5) is 5.69 Å². The van der Waals surface area contributed by atoms with E-state index in [1.807, 2.05) is 13.0 Å². The smallest absolute Gasteiger partial charge is 0.242 e. The molecule has 1 atom stereocenters. The second kappa shape index (κ2) is 13.0. The molecular formula is C24H31Cl2N3O4S. The van der Waals surface area contributed by atoms with E-state index in [2.05, 4.69) is 5.32 Å². The maximum absolute atomic E-state index is 13.2. The lowest BCUT2D eigenvalue weighted by molar-refractivity contribution is -0.140. The normalized spacial score (nSPS) is 12.1. The summed E-state index contributed by atoms with van der Waals surface area (Å²) in [6, 6.07) is 13.0. The quantitative estimate of drug-likeness (QED) is 0.440. The highest BCUT2D eigenvalue weighted by atomic mass is 35.5.